The van der Waals surface area contributed by atoms with Crippen molar-refractivity contribution in [3.8, 4) is 5.95 Å². The molecule has 2 aromatic heterocycles. The number of carbonyl (C=O) groups excluding carboxylic acids is 2. The summed E-state index contributed by atoms with van der Waals surface area (Å²) in [6, 6.07) is 13.5. The molecule has 1 aromatic carbocycles. The van der Waals surface area contributed by atoms with E-state index in [9.17, 15) is 9.59 Å². The van der Waals surface area contributed by atoms with Crippen molar-refractivity contribution < 1.29 is 18.7 Å². The average Bonchev–Trinajstić information content (AvgIpc) is 3.48. The third-order valence-corrected chi connectivity index (χ3v) is 6.91. The molecule has 2 aliphatic rings. The molecule has 5 rings (SSSR count). The van der Waals surface area contributed by atoms with Crippen LogP contribution in [0.3, 0.4) is 0 Å². The lowest BCUT2D eigenvalue weighted by Crippen LogP contribution is -2.50. The molecule has 8 nitrogen and oxygen atoms in total. The van der Waals surface area contributed by atoms with Gasteiger partial charge in [-0.2, -0.15) is 0 Å². The van der Waals surface area contributed by atoms with E-state index in [0.29, 0.717) is 18.2 Å². The van der Waals surface area contributed by atoms with E-state index in [0.717, 1.165) is 42.9 Å². The Kier molecular flexibility index (Phi) is 5.81. The second kappa shape index (κ2) is 9.04. The zero-order valence-corrected chi connectivity index (χ0v) is 18.3. The number of aryl methyl sites for hydroxylation is 1. The first-order valence-corrected chi connectivity index (χ1v) is 11.6. The molecule has 9 heteroatoms. The van der Waals surface area contributed by atoms with Crippen LogP contribution in [0.15, 0.2) is 53.1 Å². The van der Waals surface area contributed by atoms with Gasteiger partial charge in [-0.05, 0) is 37.5 Å². The average molecular weight is 453 g/mol. The lowest BCUT2D eigenvalue weighted by molar-refractivity contribution is -0.133. The van der Waals surface area contributed by atoms with Crippen LogP contribution in [0, 0.1) is 0 Å². The van der Waals surface area contributed by atoms with Crippen LogP contribution in [0.5, 0.6) is 5.95 Å². The van der Waals surface area contributed by atoms with Crippen LogP contribution in [-0.2, 0) is 11.2 Å². The largest absolute Gasteiger partial charge is 0.434 e. The van der Waals surface area contributed by atoms with Gasteiger partial charge in [0, 0.05) is 42.8 Å². The fourth-order valence-electron chi connectivity index (χ4n) is 4.28. The number of aromatic nitrogens is 1. The van der Waals surface area contributed by atoms with E-state index in [4.69, 9.17) is 9.15 Å². The van der Waals surface area contributed by atoms with Gasteiger partial charge in [-0.25, -0.2) is 9.78 Å². The standard InChI is InChI=1S/C23H24N4O4S/c28-21(27-13-11-26(12-14-27)16-6-2-1-3-7-16)17-8-4-9-18-20(17)24-22(32-18)25-23(29)31-19-10-5-15-30-19/h1-3,5-7,10,15,17H,4,8-9,11-14H2,(H,24,25,29). The van der Waals surface area contributed by atoms with Crippen LogP contribution in [0.4, 0.5) is 15.6 Å². The minimum atomic E-state index is -0.661. The number of nitrogens with one attached hydrogen (secondary N) is 1. The van der Waals surface area contributed by atoms with E-state index in [-0.39, 0.29) is 17.8 Å². The Morgan fingerprint density at radius 1 is 1.09 bits per heavy atom. The van der Waals surface area contributed by atoms with Gasteiger partial charge in [-0.1, -0.05) is 18.2 Å². The molecule has 166 valence electrons. The fourth-order valence-corrected chi connectivity index (χ4v) is 5.33. The molecular formula is C23H24N4O4S. The van der Waals surface area contributed by atoms with E-state index in [1.807, 2.05) is 23.1 Å². The summed E-state index contributed by atoms with van der Waals surface area (Å²) in [5, 5.41) is 3.10. The zero-order chi connectivity index (χ0) is 21.9. The maximum atomic E-state index is 13.3. The van der Waals surface area contributed by atoms with Crippen molar-refractivity contribution >= 4 is 34.2 Å². The number of ether oxygens (including phenoxy) is 1. The molecule has 0 bridgehead atoms. The number of nitrogens with zero attached hydrogens (tertiary/aromatic N) is 3. The molecule has 2 amide bonds. The second-order valence-corrected chi connectivity index (χ2v) is 8.95. The van der Waals surface area contributed by atoms with Crippen LogP contribution in [0.25, 0.3) is 0 Å². The van der Waals surface area contributed by atoms with Gasteiger partial charge in [0.15, 0.2) is 5.13 Å². The van der Waals surface area contributed by atoms with E-state index in [2.05, 4.69) is 27.3 Å². The lowest BCUT2D eigenvalue weighted by atomic mass is 9.89. The Balaban J connectivity index is 1.23. The van der Waals surface area contributed by atoms with Gasteiger partial charge in [0.2, 0.25) is 5.91 Å². The number of thiazole rings is 1. The zero-order valence-electron chi connectivity index (χ0n) is 17.5. The highest BCUT2D eigenvalue weighted by Gasteiger charge is 2.34. The SMILES string of the molecule is O=C(Nc1nc2c(s1)CCCC2C(=O)N1CCN(c2ccccc2)CC1)Oc1ccco1. The first-order chi connectivity index (χ1) is 15.7. The molecule has 1 N–H and O–H groups in total. The number of furan rings is 1. The van der Waals surface area contributed by atoms with E-state index in [1.165, 1.54) is 23.3 Å². The predicted molar refractivity (Wildman–Crippen MR) is 121 cm³/mol. The highest BCUT2D eigenvalue weighted by atomic mass is 32.1. The lowest BCUT2D eigenvalue weighted by Gasteiger charge is -2.38. The highest BCUT2D eigenvalue weighted by Crippen LogP contribution is 2.38. The number of benzene rings is 1. The number of anilines is 2. The van der Waals surface area contributed by atoms with Crippen molar-refractivity contribution in [2.45, 2.75) is 25.2 Å². The number of para-hydroxylation sites is 1. The monoisotopic (exact) mass is 452 g/mol. The molecule has 0 radical (unpaired) electrons. The van der Waals surface area contributed by atoms with Crippen molar-refractivity contribution in [1.82, 2.24) is 9.88 Å². The van der Waals surface area contributed by atoms with Crippen LogP contribution >= 0.6 is 11.3 Å². The minimum Gasteiger partial charge on any atom is -0.434 e. The fraction of sp³-hybridized carbons (Fsp3) is 0.348. The number of piperazine rings is 1. The smallest absolute Gasteiger partial charge is 0.421 e. The summed E-state index contributed by atoms with van der Waals surface area (Å²) in [5.41, 5.74) is 1.99. The number of rotatable bonds is 4. The number of hydrogen-bond donors (Lipinski definition) is 1. The third-order valence-electron chi connectivity index (χ3n) is 5.86. The topological polar surface area (TPSA) is 87.9 Å². The molecule has 1 saturated heterocycles. The molecule has 32 heavy (non-hydrogen) atoms. The molecule has 1 atom stereocenters. The maximum absolute atomic E-state index is 13.3. The van der Waals surface area contributed by atoms with Gasteiger partial charge < -0.3 is 19.0 Å². The molecule has 1 unspecified atom stereocenters. The number of fused-ring (bicyclic) bond motifs is 1. The molecule has 1 aliphatic carbocycles. The Hall–Kier alpha value is -3.33. The molecule has 0 spiro atoms. The number of amides is 2. The van der Waals surface area contributed by atoms with Gasteiger partial charge in [-0.15, -0.1) is 11.3 Å². The maximum Gasteiger partial charge on any atom is 0.421 e. The first kappa shape index (κ1) is 20.6. The second-order valence-electron chi connectivity index (χ2n) is 7.87. The van der Waals surface area contributed by atoms with E-state index >= 15 is 0 Å². The first-order valence-electron chi connectivity index (χ1n) is 10.8. The highest BCUT2D eigenvalue weighted by molar-refractivity contribution is 7.15. The molecule has 3 aromatic rings. The summed E-state index contributed by atoms with van der Waals surface area (Å²) in [6.45, 7) is 3.03. The minimum absolute atomic E-state index is 0.117. The summed E-state index contributed by atoms with van der Waals surface area (Å²) in [6.07, 6.45) is 3.36. The van der Waals surface area contributed by atoms with Crippen molar-refractivity contribution in [3.05, 3.63) is 59.3 Å². The summed E-state index contributed by atoms with van der Waals surface area (Å²) in [5.74, 6) is -0.00453. The Labute approximate surface area is 189 Å². The van der Waals surface area contributed by atoms with Crippen molar-refractivity contribution in [2.75, 3.05) is 36.4 Å². The third kappa shape index (κ3) is 4.34. The van der Waals surface area contributed by atoms with E-state index in [1.54, 1.807) is 12.1 Å². The van der Waals surface area contributed by atoms with Gasteiger partial charge in [0.25, 0.3) is 5.95 Å². The van der Waals surface area contributed by atoms with Crippen LogP contribution in [-0.4, -0.2) is 48.1 Å². The van der Waals surface area contributed by atoms with Crippen molar-refractivity contribution in [1.29, 1.82) is 0 Å². The van der Waals surface area contributed by atoms with Gasteiger partial charge in [0.1, 0.15) is 0 Å². The summed E-state index contributed by atoms with van der Waals surface area (Å²) >= 11 is 1.41. The summed E-state index contributed by atoms with van der Waals surface area (Å²) < 4.78 is 10.1. The normalized spacial score (nSPS) is 18.2. The van der Waals surface area contributed by atoms with Crippen LogP contribution in [0.1, 0.15) is 29.3 Å². The molecule has 1 fully saturated rings. The Bertz CT molecular complexity index is 1070. The Morgan fingerprint density at radius 3 is 2.66 bits per heavy atom. The van der Waals surface area contributed by atoms with Crippen LogP contribution in [0.2, 0.25) is 0 Å². The molecule has 0 saturated carbocycles. The summed E-state index contributed by atoms with van der Waals surface area (Å²) in [7, 11) is 0. The van der Waals surface area contributed by atoms with Gasteiger partial charge >= 0.3 is 6.09 Å². The van der Waals surface area contributed by atoms with E-state index < -0.39 is 6.09 Å². The van der Waals surface area contributed by atoms with Gasteiger partial charge in [0.05, 0.1) is 17.9 Å². The molecule has 3 heterocycles. The Morgan fingerprint density at radius 2 is 1.91 bits per heavy atom. The molecular weight excluding hydrogens is 428 g/mol. The predicted octanol–water partition coefficient (Wildman–Crippen LogP) is 4.12. The number of carbonyl (C=O) groups is 2. The van der Waals surface area contributed by atoms with Crippen molar-refractivity contribution in [3.63, 3.8) is 0 Å². The molecule has 1 aliphatic heterocycles. The number of hydrogen-bond acceptors (Lipinski definition) is 7. The van der Waals surface area contributed by atoms with Gasteiger partial charge in [-0.3, -0.25) is 10.1 Å². The van der Waals surface area contributed by atoms with Crippen molar-refractivity contribution in [2.24, 2.45) is 0 Å². The van der Waals surface area contributed by atoms with Crippen LogP contribution < -0.4 is 15.0 Å². The summed E-state index contributed by atoms with van der Waals surface area (Å²) in [4.78, 5) is 35.4. The quantitative estimate of drug-likeness (QED) is 0.641.